The number of para-hydroxylation sites is 1. The minimum absolute atomic E-state index is 0.0395. The molecule has 0 saturated carbocycles. The lowest BCUT2D eigenvalue weighted by Crippen LogP contribution is -2.61. The normalized spacial score (nSPS) is 23.2. The van der Waals surface area contributed by atoms with Crippen LogP contribution in [0.2, 0.25) is 0 Å². The lowest BCUT2D eigenvalue weighted by molar-refractivity contribution is -0.146. The van der Waals surface area contributed by atoms with E-state index in [4.69, 9.17) is 0 Å². The maximum Gasteiger partial charge on any atom is 0.245 e. The summed E-state index contributed by atoms with van der Waals surface area (Å²) >= 11 is 0. The Bertz CT molecular complexity index is 677. The molecule has 1 aromatic heterocycles. The van der Waals surface area contributed by atoms with Crippen molar-refractivity contribution in [3.63, 3.8) is 0 Å². The van der Waals surface area contributed by atoms with Crippen LogP contribution in [-0.2, 0) is 16.0 Å². The third-order valence-corrected chi connectivity index (χ3v) is 4.02. The minimum Gasteiger partial charge on any atom is -0.361 e. The summed E-state index contributed by atoms with van der Waals surface area (Å²) in [6.07, 6.45) is 2.41. The quantitative estimate of drug-likeness (QED) is 0.857. The summed E-state index contributed by atoms with van der Waals surface area (Å²) in [7, 11) is 1.67. The van der Waals surface area contributed by atoms with Crippen molar-refractivity contribution in [1.29, 1.82) is 0 Å². The number of carbonyl (C=O) groups excluding carboxylic acids is 2. The van der Waals surface area contributed by atoms with Crippen LogP contribution in [0.5, 0.6) is 0 Å². The van der Waals surface area contributed by atoms with E-state index in [2.05, 4.69) is 10.3 Å². The number of nitrogens with zero attached hydrogens (tertiary/aromatic N) is 1. The van der Waals surface area contributed by atoms with Gasteiger partial charge in [0, 0.05) is 30.6 Å². The molecule has 2 atom stereocenters. The molecule has 5 nitrogen and oxygen atoms in total. The number of hydrogen-bond acceptors (Lipinski definition) is 2. The summed E-state index contributed by atoms with van der Waals surface area (Å²) < 4.78 is 0. The van der Waals surface area contributed by atoms with Crippen molar-refractivity contribution in [2.45, 2.75) is 25.4 Å². The number of nitrogens with one attached hydrogen (secondary N) is 2. The monoisotopic (exact) mass is 271 g/mol. The number of carbonyl (C=O) groups is 2. The van der Waals surface area contributed by atoms with Crippen molar-refractivity contribution in [2.75, 3.05) is 7.05 Å². The van der Waals surface area contributed by atoms with Gasteiger partial charge in [0.15, 0.2) is 0 Å². The zero-order valence-corrected chi connectivity index (χ0v) is 11.5. The molecule has 2 aromatic rings. The maximum atomic E-state index is 12.2. The SMILES string of the molecule is C[C@H]1C(=O)N[C@@H](Cc2c[nH]c3ccccc23)C(=O)N1C. The first kappa shape index (κ1) is 12.7. The molecule has 0 radical (unpaired) electrons. The van der Waals surface area contributed by atoms with Gasteiger partial charge in [0.05, 0.1) is 0 Å². The van der Waals surface area contributed by atoms with Gasteiger partial charge in [0.25, 0.3) is 0 Å². The predicted octanol–water partition coefficient (Wildman–Crippen LogP) is 1.06. The Labute approximate surface area is 117 Å². The average Bonchev–Trinajstić information content (AvgIpc) is 2.86. The molecular weight excluding hydrogens is 254 g/mol. The first-order valence-corrected chi connectivity index (χ1v) is 6.70. The van der Waals surface area contributed by atoms with Crippen LogP contribution in [0.25, 0.3) is 10.9 Å². The van der Waals surface area contributed by atoms with Crippen molar-refractivity contribution in [3.8, 4) is 0 Å². The number of piperazine rings is 1. The number of aromatic nitrogens is 1. The number of aromatic amines is 1. The fraction of sp³-hybridized carbons (Fsp3) is 0.333. The van der Waals surface area contributed by atoms with Crippen molar-refractivity contribution in [3.05, 3.63) is 36.0 Å². The number of rotatable bonds is 2. The molecule has 2 heterocycles. The van der Waals surface area contributed by atoms with E-state index in [1.807, 2.05) is 30.5 Å². The van der Waals surface area contributed by atoms with Crippen LogP contribution in [0.1, 0.15) is 12.5 Å². The second-order valence-corrected chi connectivity index (χ2v) is 5.25. The van der Waals surface area contributed by atoms with E-state index in [0.717, 1.165) is 16.5 Å². The van der Waals surface area contributed by atoms with E-state index >= 15 is 0 Å². The predicted molar refractivity (Wildman–Crippen MR) is 76.2 cm³/mol. The van der Waals surface area contributed by atoms with Gasteiger partial charge in [-0.1, -0.05) is 18.2 Å². The Balaban J connectivity index is 1.87. The minimum atomic E-state index is -0.483. The van der Waals surface area contributed by atoms with Crippen LogP contribution < -0.4 is 5.32 Å². The van der Waals surface area contributed by atoms with Crippen LogP contribution in [-0.4, -0.2) is 40.8 Å². The molecule has 0 bridgehead atoms. The van der Waals surface area contributed by atoms with E-state index in [1.165, 1.54) is 4.90 Å². The summed E-state index contributed by atoms with van der Waals surface area (Å²) in [6.45, 7) is 1.73. The van der Waals surface area contributed by atoms with Crippen LogP contribution in [0.4, 0.5) is 0 Å². The molecule has 20 heavy (non-hydrogen) atoms. The highest BCUT2D eigenvalue weighted by Crippen LogP contribution is 2.20. The topological polar surface area (TPSA) is 65.2 Å². The third kappa shape index (κ3) is 1.95. The molecule has 3 rings (SSSR count). The molecule has 2 N–H and O–H groups in total. The summed E-state index contributed by atoms with van der Waals surface area (Å²) in [5.41, 5.74) is 2.08. The number of fused-ring (bicyclic) bond motifs is 1. The second-order valence-electron chi connectivity index (χ2n) is 5.25. The molecular formula is C15H17N3O2. The van der Waals surface area contributed by atoms with Gasteiger partial charge in [0.1, 0.15) is 12.1 Å². The number of hydrogen-bond donors (Lipinski definition) is 2. The molecule has 0 aliphatic carbocycles. The van der Waals surface area contributed by atoms with Gasteiger partial charge in [-0.3, -0.25) is 9.59 Å². The molecule has 1 aromatic carbocycles. The van der Waals surface area contributed by atoms with Gasteiger partial charge < -0.3 is 15.2 Å². The molecule has 1 aliphatic heterocycles. The van der Waals surface area contributed by atoms with E-state index in [-0.39, 0.29) is 11.8 Å². The number of amides is 2. The summed E-state index contributed by atoms with van der Waals surface area (Å²) in [4.78, 5) is 28.8. The maximum absolute atomic E-state index is 12.2. The standard InChI is InChI=1S/C15H17N3O2/c1-9-14(19)17-13(15(20)18(9)2)7-10-8-16-12-6-4-3-5-11(10)12/h3-6,8-9,13,16H,7H2,1-2H3,(H,17,19)/t9-,13-/m0/s1. The smallest absolute Gasteiger partial charge is 0.245 e. The van der Waals surface area contributed by atoms with Crippen molar-refractivity contribution >= 4 is 22.7 Å². The Kier molecular flexibility index (Phi) is 2.97. The van der Waals surface area contributed by atoms with Crippen molar-refractivity contribution in [2.24, 2.45) is 0 Å². The van der Waals surface area contributed by atoms with Crippen LogP contribution >= 0.6 is 0 Å². The third-order valence-electron chi connectivity index (χ3n) is 4.02. The lowest BCUT2D eigenvalue weighted by Gasteiger charge is -2.34. The Morgan fingerprint density at radius 2 is 2.00 bits per heavy atom. The number of likely N-dealkylation sites (N-methyl/N-ethyl adjacent to an activating group) is 1. The van der Waals surface area contributed by atoms with Gasteiger partial charge >= 0.3 is 0 Å². The summed E-state index contributed by atoms with van der Waals surface area (Å²) in [5, 5.41) is 3.90. The molecule has 104 valence electrons. The van der Waals surface area contributed by atoms with E-state index in [9.17, 15) is 9.59 Å². The molecule has 5 heteroatoms. The largest absolute Gasteiger partial charge is 0.361 e. The highest BCUT2D eigenvalue weighted by molar-refractivity contribution is 5.97. The van der Waals surface area contributed by atoms with Gasteiger partial charge in [-0.15, -0.1) is 0 Å². The number of benzene rings is 1. The molecule has 0 spiro atoms. The summed E-state index contributed by atoms with van der Waals surface area (Å²) in [5.74, 6) is -0.140. The Hall–Kier alpha value is -2.30. The van der Waals surface area contributed by atoms with Crippen LogP contribution in [0, 0.1) is 0 Å². The average molecular weight is 271 g/mol. The molecule has 0 unspecified atom stereocenters. The van der Waals surface area contributed by atoms with Gasteiger partial charge in [-0.2, -0.15) is 0 Å². The fourth-order valence-electron chi connectivity index (χ4n) is 2.63. The van der Waals surface area contributed by atoms with Gasteiger partial charge in [-0.25, -0.2) is 0 Å². The zero-order valence-electron chi connectivity index (χ0n) is 11.5. The van der Waals surface area contributed by atoms with Crippen LogP contribution in [0.3, 0.4) is 0 Å². The van der Waals surface area contributed by atoms with E-state index in [0.29, 0.717) is 6.42 Å². The molecule has 1 saturated heterocycles. The van der Waals surface area contributed by atoms with Crippen LogP contribution in [0.15, 0.2) is 30.5 Å². The van der Waals surface area contributed by atoms with E-state index < -0.39 is 12.1 Å². The Morgan fingerprint density at radius 1 is 1.25 bits per heavy atom. The van der Waals surface area contributed by atoms with Gasteiger partial charge in [-0.05, 0) is 18.6 Å². The lowest BCUT2D eigenvalue weighted by atomic mass is 10.0. The molecule has 1 fully saturated rings. The summed E-state index contributed by atoms with van der Waals surface area (Å²) in [6, 6.07) is 7.06. The second kappa shape index (κ2) is 4.67. The Morgan fingerprint density at radius 3 is 2.80 bits per heavy atom. The first-order valence-electron chi connectivity index (χ1n) is 6.70. The highest BCUT2D eigenvalue weighted by atomic mass is 16.2. The van der Waals surface area contributed by atoms with Crippen molar-refractivity contribution < 1.29 is 9.59 Å². The highest BCUT2D eigenvalue weighted by Gasteiger charge is 2.35. The van der Waals surface area contributed by atoms with Gasteiger partial charge in [0.2, 0.25) is 11.8 Å². The fourth-order valence-corrected chi connectivity index (χ4v) is 2.63. The zero-order chi connectivity index (χ0) is 14.3. The molecule has 2 amide bonds. The number of H-pyrrole nitrogens is 1. The van der Waals surface area contributed by atoms with Crippen molar-refractivity contribution in [1.82, 2.24) is 15.2 Å². The molecule has 1 aliphatic rings. The van der Waals surface area contributed by atoms with E-state index in [1.54, 1.807) is 14.0 Å². The first-order chi connectivity index (χ1) is 9.58.